The number of benzene rings is 1. The summed E-state index contributed by atoms with van der Waals surface area (Å²) in [6.45, 7) is 1.58. The molecule has 10 heteroatoms. The minimum absolute atomic E-state index is 0.0191. The highest BCUT2D eigenvalue weighted by molar-refractivity contribution is 8.00. The summed E-state index contributed by atoms with van der Waals surface area (Å²) in [5.74, 6) is -0.760. The van der Waals surface area contributed by atoms with Gasteiger partial charge in [-0.25, -0.2) is 0 Å². The topological polar surface area (TPSA) is 119 Å². The number of carbonyl (C=O) groups is 4. The van der Waals surface area contributed by atoms with Gasteiger partial charge < -0.3 is 14.6 Å². The van der Waals surface area contributed by atoms with Crippen LogP contribution in [-0.4, -0.2) is 58.4 Å². The van der Waals surface area contributed by atoms with E-state index in [1.807, 2.05) is 0 Å². The van der Waals surface area contributed by atoms with Gasteiger partial charge in [0.2, 0.25) is 5.91 Å². The summed E-state index contributed by atoms with van der Waals surface area (Å²) in [5, 5.41) is 6.17. The summed E-state index contributed by atoms with van der Waals surface area (Å²) in [4.78, 5) is 48.9. The molecule has 1 aromatic carbocycles. The lowest BCUT2D eigenvalue weighted by atomic mass is 10.1. The third-order valence-corrected chi connectivity index (χ3v) is 4.71. The lowest BCUT2D eigenvalue weighted by Crippen LogP contribution is -2.33. The smallest absolute Gasteiger partial charge is 0.315 e. The Kier molecular flexibility index (Phi) is 6.09. The van der Waals surface area contributed by atoms with Crippen LogP contribution in [0.2, 0.25) is 0 Å². The minimum atomic E-state index is -0.535. The number of nitrogens with one attached hydrogen (secondary N) is 1. The zero-order valence-electron chi connectivity index (χ0n) is 15.0. The Morgan fingerprint density at radius 1 is 1.18 bits per heavy atom. The maximum Gasteiger partial charge on any atom is 0.315 e. The van der Waals surface area contributed by atoms with Crippen molar-refractivity contribution in [2.45, 2.75) is 6.92 Å². The molecule has 0 aliphatic carbocycles. The van der Waals surface area contributed by atoms with Gasteiger partial charge in [0.15, 0.2) is 5.82 Å². The molecule has 0 radical (unpaired) electrons. The van der Waals surface area contributed by atoms with Crippen molar-refractivity contribution in [1.82, 2.24) is 10.1 Å². The van der Waals surface area contributed by atoms with Gasteiger partial charge in [0, 0.05) is 6.07 Å². The van der Waals surface area contributed by atoms with E-state index in [1.54, 1.807) is 37.3 Å². The SMILES string of the molecule is Cc1cc(NC(=O)CSCC(=O)OCCN2C(=O)c3ccccc3C2=O)no1. The molecule has 1 aromatic heterocycles. The molecular weight excluding hydrogens is 386 g/mol. The van der Waals surface area contributed by atoms with Crippen molar-refractivity contribution in [3.8, 4) is 0 Å². The number of rotatable bonds is 8. The molecule has 0 saturated carbocycles. The van der Waals surface area contributed by atoms with Crippen LogP contribution in [0.3, 0.4) is 0 Å². The number of fused-ring (bicyclic) bond motifs is 1. The van der Waals surface area contributed by atoms with Crippen LogP contribution >= 0.6 is 11.8 Å². The number of carbonyl (C=O) groups excluding carboxylic acids is 4. The van der Waals surface area contributed by atoms with E-state index in [4.69, 9.17) is 9.26 Å². The van der Waals surface area contributed by atoms with Crippen molar-refractivity contribution in [2.75, 3.05) is 30.0 Å². The number of hydrogen-bond donors (Lipinski definition) is 1. The number of esters is 1. The highest BCUT2D eigenvalue weighted by Crippen LogP contribution is 2.21. The van der Waals surface area contributed by atoms with Gasteiger partial charge in [-0.1, -0.05) is 17.3 Å². The van der Waals surface area contributed by atoms with E-state index in [1.165, 1.54) is 0 Å². The number of ether oxygens (including phenoxy) is 1. The maximum absolute atomic E-state index is 12.2. The molecule has 9 nitrogen and oxygen atoms in total. The van der Waals surface area contributed by atoms with Crippen LogP contribution in [-0.2, 0) is 14.3 Å². The van der Waals surface area contributed by atoms with Gasteiger partial charge in [0.05, 0.1) is 29.2 Å². The van der Waals surface area contributed by atoms with Crippen LogP contribution < -0.4 is 5.32 Å². The third-order valence-electron chi connectivity index (χ3n) is 3.80. The highest BCUT2D eigenvalue weighted by Gasteiger charge is 2.34. The number of amides is 3. The second kappa shape index (κ2) is 8.70. The van der Waals surface area contributed by atoms with Crippen LogP contribution in [0.15, 0.2) is 34.9 Å². The fraction of sp³-hybridized carbons (Fsp3) is 0.278. The van der Waals surface area contributed by atoms with Crippen molar-refractivity contribution in [3.63, 3.8) is 0 Å². The molecule has 0 bridgehead atoms. The lowest BCUT2D eigenvalue weighted by molar-refractivity contribution is -0.140. The Balaban J connectivity index is 1.34. The third kappa shape index (κ3) is 4.58. The number of aromatic nitrogens is 1. The van der Waals surface area contributed by atoms with E-state index in [-0.39, 0.29) is 30.6 Å². The Bertz CT molecular complexity index is 891. The molecule has 0 spiro atoms. The van der Waals surface area contributed by atoms with Gasteiger partial charge in [-0.05, 0) is 19.1 Å². The van der Waals surface area contributed by atoms with Crippen molar-refractivity contribution < 1.29 is 28.4 Å². The largest absolute Gasteiger partial charge is 0.463 e. The number of thioether (sulfide) groups is 1. The van der Waals surface area contributed by atoms with Crippen LogP contribution in [0, 0.1) is 6.92 Å². The Hall–Kier alpha value is -3.14. The second-order valence-corrected chi connectivity index (χ2v) is 6.88. The van der Waals surface area contributed by atoms with Gasteiger partial charge in [0.25, 0.3) is 11.8 Å². The Morgan fingerprint density at radius 2 is 1.86 bits per heavy atom. The van der Waals surface area contributed by atoms with Gasteiger partial charge in [-0.15, -0.1) is 11.8 Å². The molecule has 1 aliphatic heterocycles. The van der Waals surface area contributed by atoms with Crippen LogP contribution in [0.25, 0.3) is 0 Å². The molecule has 146 valence electrons. The summed E-state index contributed by atoms with van der Waals surface area (Å²) in [7, 11) is 0. The molecule has 2 heterocycles. The van der Waals surface area contributed by atoms with E-state index in [0.717, 1.165) is 16.7 Å². The first-order valence-electron chi connectivity index (χ1n) is 8.37. The van der Waals surface area contributed by atoms with Gasteiger partial charge >= 0.3 is 5.97 Å². The fourth-order valence-electron chi connectivity index (χ4n) is 2.57. The van der Waals surface area contributed by atoms with Crippen LogP contribution in [0.4, 0.5) is 5.82 Å². The highest BCUT2D eigenvalue weighted by atomic mass is 32.2. The monoisotopic (exact) mass is 403 g/mol. The maximum atomic E-state index is 12.2. The normalized spacial score (nSPS) is 12.8. The van der Waals surface area contributed by atoms with Crippen molar-refractivity contribution in [3.05, 3.63) is 47.2 Å². The predicted molar refractivity (Wildman–Crippen MR) is 100.0 cm³/mol. The molecule has 0 saturated heterocycles. The van der Waals surface area contributed by atoms with Crippen molar-refractivity contribution >= 4 is 41.3 Å². The quantitative estimate of drug-likeness (QED) is 0.520. The van der Waals surface area contributed by atoms with E-state index >= 15 is 0 Å². The first kappa shape index (κ1) is 19.6. The summed E-state index contributed by atoms with van der Waals surface area (Å²) in [5.41, 5.74) is 0.699. The fourth-order valence-corrected chi connectivity index (χ4v) is 3.18. The van der Waals surface area contributed by atoms with E-state index in [2.05, 4.69) is 10.5 Å². The summed E-state index contributed by atoms with van der Waals surface area (Å²) in [6, 6.07) is 8.12. The molecule has 3 rings (SSSR count). The van der Waals surface area contributed by atoms with Gasteiger partial charge in [0.1, 0.15) is 12.4 Å². The second-order valence-electron chi connectivity index (χ2n) is 5.89. The van der Waals surface area contributed by atoms with Crippen molar-refractivity contribution in [1.29, 1.82) is 0 Å². The minimum Gasteiger partial charge on any atom is -0.463 e. The molecule has 28 heavy (non-hydrogen) atoms. The molecule has 0 unspecified atom stereocenters. The van der Waals surface area contributed by atoms with Crippen molar-refractivity contribution in [2.24, 2.45) is 0 Å². The molecule has 1 N–H and O–H groups in total. The Morgan fingerprint density at radius 3 is 2.46 bits per heavy atom. The molecule has 0 atom stereocenters. The zero-order valence-corrected chi connectivity index (χ0v) is 15.8. The molecule has 0 fully saturated rings. The predicted octanol–water partition coefficient (Wildman–Crippen LogP) is 1.49. The molecule has 2 aromatic rings. The van der Waals surface area contributed by atoms with E-state index < -0.39 is 17.8 Å². The molecular formula is C18H17N3O6S. The molecule has 1 aliphatic rings. The standard InChI is InChI=1S/C18H17N3O6S/c1-11-8-14(20-27-11)19-15(22)9-28-10-16(23)26-7-6-21-17(24)12-4-2-3-5-13(12)18(21)25/h2-5,8H,6-7,9-10H2,1H3,(H,19,20,22). The number of aryl methyl sites for hydroxylation is 1. The van der Waals surface area contributed by atoms with Gasteiger partial charge in [-0.2, -0.15) is 0 Å². The molecule has 3 amide bonds. The average Bonchev–Trinajstić information content (AvgIpc) is 3.18. The first-order valence-corrected chi connectivity index (χ1v) is 9.53. The lowest BCUT2D eigenvalue weighted by Gasteiger charge is -2.13. The first-order chi connectivity index (χ1) is 13.5. The van der Waals surface area contributed by atoms with Crippen LogP contribution in [0.1, 0.15) is 26.5 Å². The number of nitrogens with zero attached hydrogens (tertiary/aromatic N) is 2. The summed E-state index contributed by atoms with van der Waals surface area (Å²) in [6.07, 6.45) is 0. The Labute approximate surface area is 164 Å². The zero-order chi connectivity index (χ0) is 20.1. The van der Waals surface area contributed by atoms with Gasteiger partial charge in [-0.3, -0.25) is 24.1 Å². The number of imide groups is 1. The summed E-state index contributed by atoms with van der Waals surface area (Å²) < 4.78 is 9.87. The van der Waals surface area contributed by atoms with Crippen LogP contribution in [0.5, 0.6) is 0 Å². The summed E-state index contributed by atoms with van der Waals surface area (Å²) >= 11 is 1.08. The average molecular weight is 403 g/mol. The number of hydrogen-bond acceptors (Lipinski definition) is 8. The van der Waals surface area contributed by atoms with E-state index in [9.17, 15) is 19.2 Å². The number of anilines is 1. The van der Waals surface area contributed by atoms with E-state index in [0.29, 0.717) is 22.7 Å².